The fraction of sp³-hybridized carbons (Fsp3) is 0.182. The lowest BCUT2D eigenvalue weighted by molar-refractivity contribution is -0.138. The lowest BCUT2D eigenvalue weighted by Crippen LogP contribution is -2.32. The standard InChI is InChI=1S/C11H11N5O2/c12-9(11(17)18)5-7-1-3-8(4-2-7)10-15-13-6-14-16-10/h1-4,6,9H,5,12H2,(H,17,18). The molecule has 1 unspecified atom stereocenters. The highest BCUT2D eigenvalue weighted by molar-refractivity contribution is 5.73. The number of aromatic nitrogens is 4. The summed E-state index contributed by atoms with van der Waals surface area (Å²) in [4.78, 5) is 10.6. The van der Waals surface area contributed by atoms with Gasteiger partial charge in [-0.25, -0.2) is 0 Å². The Morgan fingerprint density at radius 1 is 1.22 bits per heavy atom. The first-order chi connectivity index (χ1) is 8.66. The molecule has 2 aromatic rings. The molecule has 0 bridgehead atoms. The Kier molecular flexibility index (Phi) is 3.54. The molecular formula is C11H11N5O2. The third-order valence-electron chi connectivity index (χ3n) is 2.39. The molecule has 1 heterocycles. The summed E-state index contributed by atoms with van der Waals surface area (Å²) in [6.45, 7) is 0. The van der Waals surface area contributed by atoms with E-state index in [1.165, 1.54) is 6.33 Å². The number of hydrogen-bond acceptors (Lipinski definition) is 6. The van der Waals surface area contributed by atoms with Crippen LogP contribution >= 0.6 is 0 Å². The van der Waals surface area contributed by atoms with Crippen molar-refractivity contribution >= 4 is 5.97 Å². The smallest absolute Gasteiger partial charge is 0.320 e. The number of rotatable bonds is 4. The maximum atomic E-state index is 10.6. The molecule has 2 rings (SSSR count). The van der Waals surface area contributed by atoms with Gasteiger partial charge in [-0.15, -0.1) is 20.4 Å². The lowest BCUT2D eigenvalue weighted by Gasteiger charge is -2.06. The van der Waals surface area contributed by atoms with E-state index in [9.17, 15) is 4.79 Å². The van der Waals surface area contributed by atoms with Gasteiger partial charge in [-0.1, -0.05) is 24.3 Å². The minimum absolute atomic E-state index is 0.280. The Morgan fingerprint density at radius 3 is 2.39 bits per heavy atom. The normalized spacial score (nSPS) is 12.1. The zero-order valence-electron chi connectivity index (χ0n) is 9.39. The molecule has 0 aliphatic heterocycles. The second-order valence-electron chi connectivity index (χ2n) is 3.72. The van der Waals surface area contributed by atoms with Crippen molar-refractivity contribution in [3.05, 3.63) is 36.2 Å². The molecule has 7 heteroatoms. The van der Waals surface area contributed by atoms with Gasteiger partial charge in [-0.3, -0.25) is 4.79 Å². The fourth-order valence-electron chi connectivity index (χ4n) is 1.45. The largest absolute Gasteiger partial charge is 0.480 e. The van der Waals surface area contributed by atoms with E-state index in [1.807, 2.05) is 0 Å². The number of carbonyl (C=O) groups is 1. The van der Waals surface area contributed by atoms with Crippen molar-refractivity contribution in [2.75, 3.05) is 0 Å². The Bertz CT molecular complexity index is 529. The number of benzene rings is 1. The van der Waals surface area contributed by atoms with Gasteiger partial charge in [-0.2, -0.15) is 0 Å². The number of carboxylic acids is 1. The molecule has 0 aliphatic rings. The van der Waals surface area contributed by atoms with Crippen LogP contribution in [0.25, 0.3) is 11.4 Å². The van der Waals surface area contributed by atoms with E-state index in [0.29, 0.717) is 5.82 Å². The molecule has 0 radical (unpaired) electrons. The summed E-state index contributed by atoms with van der Waals surface area (Å²) in [5, 5.41) is 23.6. The first-order valence-electron chi connectivity index (χ1n) is 5.25. The third kappa shape index (κ3) is 2.83. The quantitative estimate of drug-likeness (QED) is 0.771. The van der Waals surface area contributed by atoms with Crippen molar-refractivity contribution in [1.82, 2.24) is 20.4 Å². The maximum absolute atomic E-state index is 10.6. The molecular weight excluding hydrogens is 234 g/mol. The summed E-state index contributed by atoms with van der Waals surface area (Å²) in [6.07, 6.45) is 1.53. The average Bonchev–Trinajstić information content (AvgIpc) is 2.40. The summed E-state index contributed by atoms with van der Waals surface area (Å²) in [5.74, 6) is -0.592. The van der Waals surface area contributed by atoms with Gasteiger partial charge in [0.15, 0.2) is 6.33 Å². The Balaban J connectivity index is 2.13. The van der Waals surface area contributed by atoms with E-state index in [4.69, 9.17) is 10.8 Å². The molecule has 0 spiro atoms. The lowest BCUT2D eigenvalue weighted by atomic mass is 10.0. The Hall–Kier alpha value is -2.41. The van der Waals surface area contributed by atoms with E-state index in [2.05, 4.69) is 20.4 Å². The molecule has 1 aromatic heterocycles. The van der Waals surface area contributed by atoms with Gasteiger partial charge in [0.2, 0.25) is 5.82 Å². The highest BCUT2D eigenvalue weighted by Gasteiger charge is 2.12. The first-order valence-corrected chi connectivity index (χ1v) is 5.25. The number of aliphatic carboxylic acids is 1. The van der Waals surface area contributed by atoms with Crippen molar-refractivity contribution in [3.8, 4) is 11.4 Å². The number of carboxylic acid groups (broad SMARTS) is 1. The van der Waals surface area contributed by atoms with Crippen LogP contribution in [0.3, 0.4) is 0 Å². The van der Waals surface area contributed by atoms with Crippen LogP contribution in [0.1, 0.15) is 5.56 Å². The van der Waals surface area contributed by atoms with Gasteiger partial charge < -0.3 is 10.8 Å². The van der Waals surface area contributed by atoms with Crippen LogP contribution < -0.4 is 5.73 Å². The minimum Gasteiger partial charge on any atom is -0.480 e. The van der Waals surface area contributed by atoms with Crippen molar-refractivity contribution in [2.45, 2.75) is 12.5 Å². The monoisotopic (exact) mass is 245 g/mol. The molecule has 0 saturated heterocycles. The van der Waals surface area contributed by atoms with E-state index in [0.717, 1.165) is 11.1 Å². The SMILES string of the molecule is NC(Cc1ccc(-c2nncnn2)cc1)C(=O)O. The maximum Gasteiger partial charge on any atom is 0.320 e. The molecule has 18 heavy (non-hydrogen) atoms. The molecule has 92 valence electrons. The molecule has 0 amide bonds. The van der Waals surface area contributed by atoms with Gasteiger partial charge in [0.25, 0.3) is 0 Å². The van der Waals surface area contributed by atoms with E-state index >= 15 is 0 Å². The average molecular weight is 245 g/mol. The molecule has 7 nitrogen and oxygen atoms in total. The van der Waals surface area contributed by atoms with Crippen LogP contribution in [-0.2, 0) is 11.2 Å². The predicted octanol–water partition coefficient (Wildman–Crippen LogP) is -0.112. The van der Waals surface area contributed by atoms with Crippen molar-refractivity contribution in [3.63, 3.8) is 0 Å². The summed E-state index contributed by atoms with van der Waals surface area (Å²) in [5.41, 5.74) is 7.06. The molecule has 0 fully saturated rings. The second-order valence-corrected chi connectivity index (χ2v) is 3.72. The molecule has 3 N–H and O–H groups in total. The van der Waals surface area contributed by atoms with Crippen LogP contribution in [0.15, 0.2) is 30.6 Å². The van der Waals surface area contributed by atoms with Gasteiger partial charge >= 0.3 is 5.97 Å². The number of nitrogens with zero attached hydrogens (tertiary/aromatic N) is 4. The Morgan fingerprint density at radius 2 is 1.83 bits per heavy atom. The summed E-state index contributed by atoms with van der Waals surface area (Å²) in [7, 11) is 0. The fourth-order valence-corrected chi connectivity index (χ4v) is 1.45. The van der Waals surface area contributed by atoms with E-state index < -0.39 is 12.0 Å². The summed E-state index contributed by atoms with van der Waals surface area (Å²) >= 11 is 0. The number of nitrogens with two attached hydrogens (primary N) is 1. The number of hydrogen-bond donors (Lipinski definition) is 2. The first kappa shape index (κ1) is 12.1. The van der Waals surface area contributed by atoms with Crippen LogP contribution in [0.5, 0.6) is 0 Å². The molecule has 0 saturated carbocycles. The van der Waals surface area contributed by atoms with Gasteiger partial charge in [0.05, 0.1) is 0 Å². The van der Waals surface area contributed by atoms with Gasteiger partial charge in [-0.05, 0) is 12.0 Å². The molecule has 1 aromatic carbocycles. The Labute approximate surface area is 103 Å². The van der Waals surface area contributed by atoms with Crippen molar-refractivity contribution in [1.29, 1.82) is 0 Å². The minimum atomic E-state index is -1.01. The van der Waals surface area contributed by atoms with Crippen LogP contribution in [0.2, 0.25) is 0 Å². The molecule has 1 atom stereocenters. The van der Waals surface area contributed by atoms with Gasteiger partial charge in [0, 0.05) is 5.56 Å². The highest BCUT2D eigenvalue weighted by atomic mass is 16.4. The van der Waals surface area contributed by atoms with E-state index in [1.54, 1.807) is 24.3 Å². The predicted molar refractivity (Wildman–Crippen MR) is 62.4 cm³/mol. The summed E-state index contributed by atoms with van der Waals surface area (Å²) < 4.78 is 0. The second kappa shape index (κ2) is 5.28. The van der Waals surface area contributed by atoms with Crippen molar-refractivity contribution < 1.29 is 9.90 Å². The van der Waals surface area contributed by atoms with Crippen LogP contribution in [0, 0.1) is 0 Å². The zero-order chi connectivity index (χ0) is 13.0. The van der Waals surface area contributed by atoms with Crippen LogP contribution in [-0.4, -0.2) is 37.5 Å². The topological polar surface area (TPSA) is 115 Å². The van der Waals surface area contributed by atoms with E-state index in [-0.39, 0.29) is 6.42 Å². The van der Waals surface area contributed by atoms with Gasteiger partial charge in [0.1, 0.15) is 6.04 Å². The van der Waals surface area contributed by atoms with Crippen molar-refractivity contribution in [2.24, 2.45) is 5.73 Å². The third-order valence-corrected chi connectivity index (χ3v) is 2.39. The zero-order valence-corrected chi connectivity index (χ0v) is 9.39. The van der Waals surface area contributed by atoms with Crippen LogP contribution in [0.4, 0.5) is 0 Å². The summed E-state index contributed by atoms with van der Waals surface area (Å²) in [6, 6.07) is 6.24. The highest BCUT2D eigenvalue weighted by Crippen LogP contribution is 2.14. The molecule has 0 aliphatic carbocycles.